The summed E-state index contributed by atoms with van der Waals surface area (Å²) in [5.74, 6) is -0.124. The maximum Gasteiger partial charge on any atom is 0.263 e. The van der Waals surface area contributed by atoms with Crippen LogP contribution in [0.1, 0.15) is 60.2 Å². The fourth-order valence-electron chi connectivity index (χ4n) is 5.25. The normalized spacial score (nSPS) is 16.6. The Bertz CT molecular complexity index is 1570. The van der Waals surface area contributed by atoms with E-state index in [4.69, 9.17) is 0 Å². The van der Waals surface area contributed by atoms with Crippen molar-refractivity contribution in [1.82, 2.24) is 0 Å². The van der Waals surface area contributed by atoms with Gasteiger partial charge in [-0.1, -0.05) is 103 Å². The quantitative estimate of drug-likeness (QED) is 0.175. The average Bonchev–Trinajstić information content (AvgIpc) is 3.24. The van der Waals surface area contributed by atoms with Crippen LogP contribution in [-0.4, -0.2) is 18.7 Å². The van der Waals surface area contributed by atoms with Crippen molar-refractivity contribution >= 4 is 43.3 Å². The minimum atomic E-state index is -4.24. The average molecular weight is 530 g/mol. The van der Waals surface area contributed by atoms with Gasteiger partial charge in [0.1, 0.15) is 4.70 Å². The van der Waals surface area contributed by atoms with Gasteiger partial charge in [0.25, 0.3) is 5.01 Å². The van der Waals surface area contributed by atoms with Crippen LogP contribution < -0.4 is 4.57 Å². The molecule has 190 valence electrons. The van der Waals surface area contributed by atoms with E-state index < -0.39 is 10.1 Å². The smallest absolute Gasteiger partial charge is 0.263 e. The van der Waals surface area contributed by atoms with E-state index in [9.17, 15) is 13.0 Å². The molecule has 3 aromatic carbocycles. The van der Waals surface area contributed by atoms with Crippen LogP contribution >= 0.6 is 11.3 Å². The fraction of sp³-hybridized carbons (Fsp3) is 0.258. The number of aryl methyl sites for hydroxylation is 1. The Balaban J connectivity index is 1.63. The van der Waals surface area contributed by atoms with Crippen molar-refractivity contribution in [3.8, 4) is 0 Å². The highest BCUT2D eigenvalue weighted by atomic mass is 32.2. The topological polar surface area (TPSA) is 61.1 Å². The third kappa shape index (κ3) is 5.77. The van der Waals surface area contributed by atoms with Crippen LogP contribution in [0.5, 0.6) is 0 Å². The number of unbranched alkanes of at least 4 members (excludes halogenated alkanes) is 1. The monoisotopic (exact) mass is 529 g/mol. The third-order valence-electron chi connectivity index (χ3n) is 6.94. The molecule has 1 aromatic heterocycles. The molecule has 0 fully saturated rings. The highest BCUT2D eigenvalue weighted by Crippen LogP contribution is 2.44. The highest BCUT2D eigenvalue weighted by molar-refractivity contribution is 7.85. The van der Waals surface area contributed by atoms with E-state index in [2.05, 4.69) is 90.4 Å². The zero-order chi connectivity index (χ0) is 25.8. The summed E-state index contributed by atoms with van der Waals surface area (Å²) in [6.45, 7) is 2.71. The van der Waals surface area contributed by atoms with Crippen LogP contribution in [0.4, 0.5) is 0 Å². The summed E-state index contributed by atoms with van der Waals surface area (Å²) in [5, 5.41) is 1.05. The summed E-state index contributed by atoms with van der Waals surface area (Å²) in [4.78, 5) is 0. The number of hydrogen-bond donors (Lipinski definition) is 0. The summed E-state index contributed by atoms with van der Waals surface area (Å²) in [6.07, 6.45) is 8.21. The van der Waals surface area contributed by atoms with Gasteiger partial charge >= 0.3 is 0 Å². The Morgan fingerprint density at radius 2 is 1.68 bits per heavy atom. The Labute approximate surface area is 223 Å². The van der Waals surface area contributed by atoms with E-state index in [1.807, 2.05) is 12.1 Å². The maximum absolute atomic E-state index is 11.3. The highest BCUT2D eigenvalue weighted by Gasteiger charge is 2.28. The molecule has 1 heterocycles. The first kappa shape index (κ1) is 25.6. The molecule has 0 spiro atoms. The van der Waals surface area contributed by atoms with Gasteiger partial charge in [-0.25, -0.2) is 8.42 Å². The predicted molar refractivity (Wildman–Crippen MR) is 151 cm³/mol. The molecule has 0 aliphatic heterocycles. The second-order valence-corrected chi connectivity index (χ2v) is 12.1. The molecule has 1 aliphatic rings. The molecule has 0 N–H and O–H groups in total. The van der Waals surface area contributed by atoms with Crippen molar-refractivity contribution in [2.24, 2.45) is 0 Å². The summed E-state index contributed by atoms with van der Waals surface area (Å²) in [7, 11) is -4.24. The molecule has 1 aliphatic carbocycles. The van der Waals surface area contributed by atoms with Crippen LogP contribution in [-0.2, 0) is 16.7 Å². The maximum atomic E-state index is 11.3. The zero-order valence-electron chi connectivity index (χ0n) is 21.0. The predicted octanol–water partition coefficient (Wildman–Crippen LogP) is 6.93. The molecule has 0 radical (unpaired) electrons. The van der Waals surface area contributed by atoms with Gasteiger partial charge in [0, 0.05) is 30.2 Å². The summed E-state index contributed by atoms with van der Waals surface area (Å²) < 4.78 is 37.0. The standard InChI is InChI=1S/C31H31NO3S2/c1-2-3-12-24-21-25(26-15-7-8-16-27(26)31(24)23-13-5-4-6-14-23)22-30-32(19-11-20-37(33,34)35)28-17-9-10-18-29(28)36-30/h4-10,13-18,21-22,31H,2-3,11-12,19-20H2,1H3/b25-22+. The lowest BCUT2D eigenvalue weighted by Crippen LogP contribution is -2.36. The number of fused-ring (bicyclic) bond motifs is 2. The van der Waals surface area contributed by atoms with Gasteiger partial charge in [-0.05, 0) is 41.2 Å². The minimum absolute atomic E-state index is 0.234. The number of hydrogen-bond acceptors (Lipinski definition) is 4. The molecule has 1 unspecified atom stereocenters. The van der Waals surface area contributed by atoms with Gasteiger partial charge in [-0.3, -0.25) is 0 Å². The van der Waals surface area contributed by atoms with Crippen molar-refractivity contribution in [2.75, 3.05) is 5.75 Å². The molecule has 0 saturated heterocycles. The molecule has 0 amide bonds. The summed E-state index contributed by atoms with van der Waals surface area (Å²) in [5.41, 5.74) is 7.51. The molecule has 6 heteroatoms. The first-order chi connectivity index (χ1) is 17.9. The lowest BCUT2D eigenvalue weighted by atomic mass is 9.74. The second kappa shape index (κ2) is 11.1. The Hall–Kier alpha value is -3.06. The van der Waals surface area contributed by atoms with E-state index in [0.29, 0.717) is 6.54 Å². The van der Waals surface area contributed by atoms with Crippen molar-refractivity contribution in [2.45, 2.75) is 45.1 Å². The van der Waals surface area contributed by atoms with Gasteiger partial charge in [0.15, 0.2) is 6.54 Å². The number of nitrogens with zero attached hydrogens (tertiary/aromatic N) is 1. The van der Waals surface area contributed by atoms with Crippen LogP contribution in [0, 0.1) is 0 Å². The molecular formula is C31H31NO3S2. The van der Waals surface area contributed by atoms with Crippen LogP contribution in [0.15, 0.2) is 90.5 Å². The van der Waals surface area contributed by atoms with E-state index in [0.717, 1.165) is 34.5 Å². The zero-order valence-corrected chi connectivity index (χ0v) is 22.6. The first-order valence-corrected chi connectivity index (χ1v) is 15.3. The molecule has 0 saturated carbocycles. The molecular weight excluding hydrogens is 498 g/mol. The lowest BCUT2D eigenvalue weighted by molar-refractivity contribution is -0.668. The lowest BCUT2D eigenvalue weighted by Gasteiger charge is -2.29. The SMILES string of the molecule is CCCCC1=C/C(=C\c2sc3ccccc3[n+]2CCCS(=O)(=O)[O-])c2ccccc2C1c1ccccc1. The number of aromatic nitrogens is 1. The number of rotatable bonds is 9. The van der Waals surface area contributed by atoms with Crippen molar-refractivity contribution in [3.63, 3.8) is 0 Å². The van der Waals surface area contributed by atoms with Crippen molar-refractivity contribution in [1.29, 1.82) is 0 Å². The van der Waals surface area contributed by atoms with E-state index in [1.165, 1.54) is 27.8 Å². The molecule has 0 bridgehead atoms. The van der Waals surface area contributed by atoms with Crippen LogP contribution in [0.2, 0.25) is 0 Å². The summed E-state index contributed by atoms with van der Waals surface area (Å²) >= 11 is 1.70. The van der Waals surface area contributed by atoms with Crippen molar-refractivity contribution in [3.05, 3.63) is 112 Å². The Morgan fingerprint density at radius 1 is 0.946 bits per heavy atom. The largest absolute Gasteiger partial charge is 0.748 e. The number of benzene rings is 3. The molecule has 37 heavy (non-hydrogen) atoms. The molecule has 4 nitrogen and oxygen atoms in total. The summed E-state index contributed by atoms with van der Waals surface area (Å²) in [6, 6.07) is 27.6. The fourth-order valence-corrected chi connectivity index (χ4v) is 6.87. The van der Waals surface area contributed by atoms with Crippen LogP contribution in [0.25, 0.3) is 21.9 Å². The molecule has 1 atom stereocenters. The Kier molecular flexibility index (Phi) is 7.70. The minimum Gasteiger partial charge on any atom is -0.748 e. The van der Waals surface area contributed by atoms with Gasteiger partial charge in [0.05, 0.1) is 10.1 Å². The van der Waals surface area contributed by atoms with Crippen LogP contribution in [0.3, 0.4) is 0 Å². The van der Waals surface area contributed by atoms with E-state index in [-0.39, 0.29) is 18.1 Å². The van der Waals surface area contributed by atoms with E-state index in [1.54, 1.807) is 11.3 Å². The van der Waals surface area contributed by atoms with E-state index >= 15 is 0 Å². The van der Waals surface area contributed by atoms with Gasteiger partial charge in [-0.2, -0.15) is 4.57 Å². The number of thiazole rings is 1. The number of para-hydroxylation sites is 1. The van der Waals surface area contributed by atoms with Gasteiger partial charge < -0.3 is 4.55 Å². The molecule has 5 rings (SSSR count). The molecule has 4 aromatic rings. The van der Waals surface area contributed by atoms with Crippen molar-refractivity contribution < 1.29 is 17.5 Å². The first-order valence-electron chi connectivity index (χ1n) is 12.9. The third-order valence-corrected chi connectivity index (χ3v) is 8.84. The Morgan fingerprint density at radius 3 is 2.46 bits per heavy atom. The van der Waals surface area contributed by atoms with Gasteiger partial charge in [-0.15, -0.1) is 0 Å². The second-order valence-electron chi connectivity index (χ2n) is 9.53. The van der Waals surface area contributed by atoms with Gasteiger partial charge in [0.2, 0.25) is 5.52 Å². The number of allylic oxidation sites excluding steroid dienone is 3.